The molecule has 3 N–H and O–H groups in total. The largest absolute Gasteiger partial charge is 0.368 e. The van der Waals surface area contributed by atoms with Crippen molar-refractivity contribution in [1.82, 2.24) is 10.2 Å². The number of carbonyl (C=O) groups is 3. The third kappa shape index (κ3) is 6.81. The Bertz CT molecular complexity index is 538. The number of carbonyl (C=O) groups excluding carboxylic acids is 3. The second-order valence-corrected chi connectivity index (χ2v) is 6.09. The van der Waals surface area contributed by atoms with Crippen LogP contribution in [0.25, 0.3) is 0 Å². The summed E-state index contributed by atoms with van der Waals surface area (Å²) in [7, 11) is 1.52. The van der Waals surface area contributed by atoms with Gasteiger partial charge in [-0.2, -0.15) is 0 Å². The van der Waals surface area contributed by atoms with Crippen molar-refractivity contribution < 1.29 is 17.2 Å². The van der Waals surface area contributed by atoms with Gasteiger partial charge in [-0.15, -0.1) is 11.3 Å². The number of hydrogen-bond donors (Lipinski definition) is 2. The molecule has 1 atom stereocenters. The molecule has 0 bridgehead atoms. The van der Waals surface area contributed by atoms with Crippen molar-refractivity contribution >= 4 is 29.1 Å². The highest BCUT2D eigenvalue weighted by Crippen LogP contribution is 2.14. The number of rotatable bonds is 7. The van der Waals surface area contributed by atoms with E-state index in [1.165, 1.54) is 23.3 Å². The molecular weight excluding hydrogens is 314 g/mol. The van der Waals surface area contributed by atoms with Gasteiger partial charge in [0.2, 0.25) is 11.8 Å². The normalized spacial score (nSPS) is 11.0. The van der Waals surface area contributed by atoms with Gasteiger partial charge in [0.15, 0.2) is 0 Å². The zero-order valence-electron chi connectivity index (χ0n) is 14.5. The molecule has 3 amide bonds. The summed E-state index contributed by atoms with van der Waals surface area (Å²) in [5.74, 6) is -1.16. The van der Waals surface area contributed by atoms with Crippen LogP contribution in [0.4, 0.5) is 0 Å². The van der Waals surface area contributed by atoms with Crippen molar-refractivity contribution in [2.75, 3.05) is 13.6 Å². The molecule has 0 spiro atoms. The van der Waals surface area contributed by atoms with Gasteiger partial charge in [-0.1, -0.05) is 27.2 Å². The Balaban J connectivity index is -0.00000116. The minimum absolute atomic E-state index is 0. The highest BCUT2D eigenvalue weighted by molar-refractivity contribution is 7.13. The molecule has 0 aliphatic carbocycles. The second-order valence-electron chi connectivity index (χ2n) is 4.80. The highest BCUT2D eigenvalue weighted by atomic mass is 32.1. The molecule has 1 unspecified atom stereocenters. The first-order valence-corrected chi connectivity index (χ1v) is 8.58. The van der Waals surface area contributed by atoms with Crippen LogP contribution < -0.4 is 11.1 Å². The lowest BCUT2D eigenvalue weighted by atomic mass is 10.1. The lowest BCUT2D eigenvalue weighted by Gasteiger charge is -2.25. The van der Waals surface area contributed by atoms with Gasteiger partial charge in [0.1, 0.15) is 6.04 Å². The van der Waals surface area contributed by atoms with E-state index in [0.717, 1.165) is 11.3 Å². The Kier molecular flexibility index (Phi) is 9.89. The number of thiophene rings is 1. The first kappa shape index (κ1) is 21.1. The molecule has 0 aromatic carbocycles. The molecule has 0 radical (unpaired) electrons. The number of nitrogens with one attached hydrogen (secondary N) is 1. The minimum Gasteiger partial charge on any atom is -0.368 e. The fourth-order valence-corrected chi connectivity index (χ4v) is 2.68. The van der Waals surface area contributed by atoms with Crippen molar-refractivity contribution in [3.05, 3.63) is 21.9 Å². The van der Waals surface area contributed by atoms with Crippen molar-refractivity contribution in [3.8, 4) is 0 Å². The molecule has 1 rings (SSSR count). The van der Waals surface area contributed by atoms with Gasteiger partial charge in [-0.25, -0.2) is 0 Å². The molecule has 7 heteroatoms. The Morgan fingerprint density at radius 1 is 1.35 bits per heavy atom. The third-order valence-electron chi connectivity index (χ3n) is 3.12. The van der Waals surface area contributed by atoms with E-state index >= 15 is 0 Å². The molecule has 134 valence electrons. The summed E-state index contributed by atoms with van der Waals surface area (Å²) in [5.41, 5.74) is 5.29. The summed E-state index contributed by atoms with van der Waals surface area (Å²) in [5, 5.41) is 2.56. The summed E-state index contributed by atoms with van der Waals surface area (Å²) in [6.45, 7) is 7.66. The summed E-state index contributed by atoms with van der Waals surface area (Å²) in [4.78, 5) is 38.1. The lowest BCUT2D eigenvalue weighted by molar-refractivity contribution is -0.137. The minimum atomic E-state index is -0.636. The Morgan fingerprint density at radius 3 is 2.39 bits per heavy atom. The van der Waals surface area contributed by atoms with Gasteiger partial charge < -0.3 is 16.0 Å². The average Bonchev–Trinajstić information content (AvgIpc) is 2.97. The van der Waals surface area contributed by atoms with E-state index < -0.39 is 11.9 Å². The molecule has 0 aliphatic heterocycles. The van der Waals surface area contributed by atoms with E-state index in [0.29, 0.717) is 11.3 Å². The van der Waals surface area contributed by atoms with Gasteiger partial charge in [0.25, 0.3) is 5.91 Å². The number of likely N-dealkylation sites (N-methyl/N-ethyl adjacent to an activating group) is 1. The first-order chi connectivity index (χ1) is 10.9. The van der Waals surface area contributed by atoms with Crippen molar-refractivity contribution in [1.29, 1.82) is 0 Å². The van der Waals surface area contributed by atoms with Crippen molar-refractivity contribution in [2.24, 2.45) is 5.73 Å². The molecule has 0 aliphatic rings. The standard InChI is InChI=1S/C14H21N3O3S.C2H6.2H2/c1-4-5-10(13(15)19)17(3)12(18)8-16-14(20)11-7-6-9(2)21-11;1-2;;/h6-7,10H,4-5,8H2,1-3H3,(H2,15,19)(H,16,20);1-2H3;2*1H. The van der Waals surface area contributed by atoms with Crippen LogP contribution in [0, 0.1) is 6.92 Å². The second kappa shape index (κ2) is 10.8. The Labute approximate surface area is 145 Å². The molecule has 1 aromatic heterocycles. The summed E-state index contributed by atoms with van der Waals surface area (Å²) >= 11 is 1.36. The number of hydrogen-bond acceptors (Lipinski definition) is 4. The highest BCUT2D eigenvalue weighted by Gasteiger charge is 2.24. The molecule has 0 saturated carbocycles. The maximum atomic E-state index is 12.0. The summed E-state index contributed by atoms with van der Waals surface area (Å²) < 4.78 is 0. The predicted molar refractivity (Wildman–Crippen MR) is 97.6 cm³/mol. The van der Waals surface area contributed by atoms with Gasteiger partial charge in [0, 0.05) is 14.8 Å². The van der Waals surface area contributed by atoms with Crippen LogP contribution in [0.5, 0.6) is 0 Å². The molecule has 23 heavy (non-hydrogen) atoms. The van der Waals surface area contributed by atoms with Crippen LogP contribution in [0.1, 0.15) is 51.0 Å². The monoisotopic (exact) mass is 345 g/mol. The van der Waals surface area contributed by atoms with Gasteiger partial charge in [0.05, 0.1) is 11.4 Å². The van der Waals surface area contributed by atoms with Crippen LogP contribution in [0.3, 0.4) is 0 Å². The molecule has 6 nitrogen and oxygen atoms in total. The number of nitrogens with two attached hydrogens (primary N) is 1. The fraction of sp³-hybridized carbons (Fsp3) is 0.562. The lowest BCUT2D eigenvalue weighted by Crippen LogP contribution is -2.48. The van der Waals surface area contributed by atoms with Crippen LogP contribution in [-0.2, 0) is 9.59 Å². The van der Waals surface area contributed by atoms with Crippen molar-refractivity contribution in [2.45, 2.75) is 46.6 Å². The van der Waals surface area contributed by atoms with Gasteiger partial charge >= 0.3 is 0 Å². The topological polar surface area (TPSA) is 92.5 Å². The van der Waals surface area contributed by atoms with E-state index in [9.17, 15) is 14.4 Å². The SMILES string of the molecule is CC.CCCC(C(N)=O)N(C)C(=O)CNC(=O)c1ccc(C)s1.[HH].[HH]. The third-order valence-corrected chi connectivity index (χ3v) is 4.12. The van der Waals surface area contributed by atoms with E-state index in [4.69, 9.17) is 5.73 Å². The molecular formula is C16H31N3O3S. The Hall–Kier alpha value is -1.89. The number of amides is 3. The van der Waals surface area contributed by atoms with E-state index in [1.54, 1.807) is 6.07 Å². The Morgan fingerprint density at radius 2 is 1.96 bits per heavy atom. The maximum absolute atomic E-state index is 12.0. The molecule has 0 saturated heterocycles. The summed E-state index contributed by atoms with van der Waals surface area (Å²) in [6.07, 6.45) is 1.25. The first-order valence-electron chi connectivity index (χ1n) is 7.76. The average molecular weight is 346 g/mol. The number of primary amides is 1. The van der Waals surface area contributed by atoms with Crippen LogP contribution in [-0.4, -0.2) is 42.3 Å². The fourth-order valence-electron chi connectivity index (χ4n) is 1.90. The van der Waals surface area contributed by atoms with E-state index in [1.807, 2.05) is 33.8 Å². The molecule has 1 aromatic rings. The van der Waals surface area contributed by atoms with E-state index in [2.05, 4.69) is 5.32 Å². The van der Waals surface area contributed by atoms with E-state index in [-0.39, 0.29) is 21.2 Å². The predicted octanol–water partition coefficient (Wildman–Crippen LogP) is 2.42. The zero-order valence-corrected chi connectivity index (χ0v) is 15.3. The number of aryl methyl sites for hydroxylation is 1. The van der Waals surface area contributed by atoms with Crippen LogP contribution >= 0.6 is 11.3 Å². The number of nitrogens with zero attached hydrogens (tertiary/aromatic N) is 1. The summed E-state index contributed by atoms with van der Waals surface area (Å²) in [6, 6.07) is 2.92. The van der Waals surface area contributed by atoms with Gasteiger partial charge in [-0.05, 0) is 25.5 Å². The molecule has 0 fully saturated rings. The maximum Gasteiger partial charge on any atom is 0.261 e. The van der Waals surface area contributed by atoms with Crippen LogP contribution in [0.2, 0.25) is 0 Å². The van der Waals surface area contributed by atoms with Crippen LogP contribution in [0.15, 0.2) is 12.1 Å². The quantitative estimate of drug-likeness (QED) is 0.795. The smallest absolute Gasteiger partial charge is 0.261 e. The molecule has 1 heterocycles. The van der Waals surface area contributed by atoms with Crippen molar-refractivity contribution in [3.63, 3.8) is 0 Å². The van der Waals surface area contributed by atoms with Gasteiger partial charge in [-0.3, -0.25) is 14.4 Å². The zero-order chi connectivity index (χ0) is 18.0.